The molecular formula is C22H18ClN5O3. The second-order valence-electron chi connectivity index (χ2n) is 7.72. The van der Waals surface area contributed by atoms with Crippen molar-refractivity contribution < 1.29 is 9.72 Å². The molecule has 156 valence electrons. The van der Waals surface area contributed by atoms with Gasteiger partial charge in [0.05, 0.1) is 22.7 Å². The van der Waals surface area contributed by atoms with E-state index in [0.717, 1.165) is 24.0 Å². The summed E-state index contributed by atoms with van der Waals surface area (Å²) in [4.78, 5) is 37.1. The number of nitro benzene ring substituents is 1. The number of hydrogen-bond donors (Lipinski definition) is 0. The Morgan fingerprint density at radius 3 is 2.61 bits per heavy atom. The molecule has 2 aromatic heterocycles. The molecule has 0 radical (unpaired) electrons. The molecule has 0 saturated heterocycles. The standard InChI is InChI=1S/C22H18ClN5O3/c1-13-11-18(23)25-21-19(13)26(12-14-4-6-16(7-5-14)28(30)31)22(29)17-3-2-10-24-20(17)27(21)15-8-9-15/h2-7,10-11,15H,8-9,12H2,1H3. The molecule has 5 rings (SSSR count). The number of amides is 1. The Balaban J connectivity index is 1.68. The van der Waals surface area contributed by atoms with Crippen LogP contribution in [0.5, 0.6) is 0 Å². The summed E-state index contributed by atoms with van der Waals surface area (Å²) in [5, 5.41) is 11.3. The Morgan fingerprint density at radius 2 is 1.94 bits per heavy atom. The molecule has 0 spiro atoms. The van der Waals surface area contributed by atoms with Crippen molar-refractivity contribution in [1.29, 1.82) is 0 Å². The third kappa shape index (κ3) is 3.38. The van der Waals surface area contributed by atoms with E-state index < -0.39 is 4.92 Å². The molecule has 3 heterocycles. The van der Waals surface area contributed by atoms with Crippen molar-refractivity contribution in [3.05, 3.63) is 80.6 Å². The van der Waals surface area contributed by atoms with Crippen molar-refractivity contribution >= 4 is 40.5 Å². The van der Waals surface area contributed by atoms with E-state index in [0.29, 0.717) is 28.0 Å². The van der Waals surface area contributed by atoms with Gasteiger partial charge in [0.25, 0.3) is 11.6 Å². The SMILES string of the molecule is Cc1cc(Cl)nc2c1N(Cc1ccc([N+](=O)[O-])cc1)C(=O)c1cccnc1N2C1CC1. The number of fused-ring (bicyclic) bond motifs is 2. The highest BCUT2D eigenvalue weighted by Gasteiger charge is 2.41. The van der Waals surface area contributed by atoms with Crippen molar-refractivity contribution in [2.24, 2.45) is 0 Å². The molecule has 31 heavy (non-hydrogen) atoms. The Bertz CT molecular complexity index is 1210. The lowest BCUT2D eigenvalue weighted by atomic mass is 10.1. The molecule has 8 nitrogen and oxygen atoms in total. The zero-order valence-electron chi connectivity index (χ0n) is 16.7. The van der Waals surface area contributed by atoms with E-state index in [9.17, 15) is 14.9 Å². The van der Waals surface area contributed by atoms with E-state index in [1.807, 2.05) is 11.8 Å². The van der Waals surface area contributed by atoms with Crippen LogP contribution in [-0.2, 0) is 6.54 Å². The number of anilines is 3. The molecule has 1 aliphatic heterocycles. The van der Waals surface area contributed by atoms with Crippen LogP contribution in [0.1, 0.15) is 34.3 Å². The van der Waals surface area contributed by atoms with Crippen LogP contribution in [0.4, 0.5) is 23.0 Å². The van der Waals surface area contributed by atoms with Crippen LogP contribution >= 0.6 is 11.6 Å². The summed E-state index contributed by atoms with van der Waals surface area (Å²) in [6, 6.07) is 11.7. The Kier molecular flexibility index (Phi) is 4.59. The van der Waals surface area contributed by atoms with Gasteiger partial charge in [0.1, 0.15) is 11.0 Å². The van der Waals surface area contributed by atoms with E-state index in [1.54, 1.807) is 41.4 Å². The predicted molar refractivity (Wildman–Crippen MR) is 117 cm³/mol. The largest absolute Gasteiger partial charge is 0.305 e. The minimum absolute atomic E-state index is 0.00502. The fourth-order valence-corrected chi connectivity index (χ4v) is 4.19. The molecule has 9 heteroatoms. The summed E-state index contributed by atoms with van der Waals surface area (Å²) >= 11 is 6.32. The van der Waals surface area contributed by atoms with Crippen LogP contribution in [0.15, 0.2) is 48.7 Å². The molecule has 1 aliphatic carbocycles. The molecule has 1 aromatic carbocycles. The number of aryl methyl sites for hydroxylation is 1. The number of nitrogens with zero attached hydrogens (tertiary/aromatic N) is 5. The third-order valence-corrected chi connectivity index (χ3v) is 5.72. The number of benzene rings is 1. The number of rotatable bonds is 4. The first-order chi connectivity index (χ1) is 14.9. The van der Waals surface area contributed by atoms with Crippen LogP contribution < -0.4 is 9.80 Å². The molecular weight excluding hydrogens is 418 g/mol. The first-order valence-corrected chi connectivity index (χ1v) is 10.3. The number of nitro groups is 1. The Hall–Kier alpha value is -3.52. The average Bonchev–Trinajstić information content (AvgIpc) is 3.58. The maximum absolute atomic E-state index is 13.7. The Labute approximate surface area is 183 Å². The number of non-ortho nitro benzene ring substituents is 1. The number of halogens is 1. The highest BCUT2D eigenvalue weighted by molar-refractivity contribution is 6.30. The molecule has 1 amide bonds. The maximum atomic E-state index is 13.7. The van der Waals surface area contributed by atoms with E-state index in [4.69, 9.17) is 11.6 Å². The monoisotopic (exact) mass is 435 g/mol. The van der Waals surface area contributed by atoms with Gasteiger partial charge in [-0.3, -0.25) is 14.9 Å². The zero-order chi connectivity index (χ0) is 21.7. The summed E-state index contributed by atoms with van der Waals surface area (Å²) in [5.74, 6) is 0.995. The summed E-state index contributed by atoms with van der Waals surface area (Å²) in [7, 11) is 0. The van der Waals surface area contributed by atoms with Gasteiger partial charge in [-0.25, -0.2) is 9.97 Å². The van der Waals surface area contributed by atoms with E-state index in [-0.39, 0.29) is 24.2 Å². The van der Waals surface area contributed by atoms with Crippen molar-refractivity contribution in [3.8, 4) is 0 Å². The van der Waals surface area contributed by atoms with Gasteiger partial charge in [0, 0.05) is 24.4 Å². The predicted octanol–water partition coefficient (Wildman–Crippen LogP) is 4.81. The smallest absolute Gasteiger partial charge is 0.269 e. The number of aromatic nitrogens is 2. The fraction of sp³-hybridized carbons (Fsp3) is 0.227. The summed E-state index contributed by atoms with van der Waals surface area (Å²) in [5.41, 5.74) is 2.76. The van der Waals surface area contributed by atoms with Crippen LogP contribution in [0.2, 0.25) is 5.15 Å². The molecule has 0 N–H and O–H groups in total. The second kappa shape index (κ2) is 7.31. The highest BCUT2D eigenvalue weighted by Crippen LogP contribution is 2.46. The molecule has 3 aromatic rings. The van der Waals surface area contributed by atoms with Crippen molar-refractivity contribution in [2.75, 3.05) is 9.80 Å². The topological polar surface area (TPSA) is 92.5 Å². The second-order valence-corrected chi connectivity index (χ2v) is 8.11. The van der Waals surface area contributed by atoms with E-state index in [1.165, 1.54) is 12.1 Å². The van der Waals surface area contributed by atoms with Gasteiger partial charge >= 0.3 is 0 Å². The maximum Gasteiger partial charge on any atom is 0.269 e. The van der Waals surface area contributed by atoms with Gasteiger partial charge < -0.3 is 9.80 Å². The minimum Gasteiger partial charge on any atom is -0.305 e. The van der Waals surface area contributed by atoms with Gasteiger partial charge in [-0.05, 0) is 49.1 Å². The first kappa shape index (κ1) is 19.4. The lowest BCUT2D eigenvalue weighted by Gasteiger charge is -2.27. The minimum atomic E-state index is -0.443. The molecule has 0 atom stereocenters. The van der Waals surface area contributed by atoms with Crippen LogP contribution in [0.3, 0.4) is 0 Å². The number of hydrogen-bond acceptors (Lipinski definition) is 6. The lowest BCUT2D eigenvalue weighted by molar-refractivity contribution is -0.384. The van der Waals surface area contributed by atoms with Gasteiger partial charge in [-0.2, -0.15) is 0 Å². The third-order valence-electron chi connectivity index (χ3n) is 5.52. The normalized spacial score (nSPS) is 15.4. The quantitative estimate of drug-likeness (QED) is 0.332. The Morgan fingerprint density at radius 1 is 1.19 bits per heavy atom. The van der Waals surface area contributed by atoms with Gasteiger partial charge in [-0.1, -0.05) is 23.7 Å². The zero-order valence-corrected chi connectivity index (χ0v) is 17.4. The number of carbonyl (C=O) groups is 1. The van der Waals surface area contributed by atoms with Gasteiger partial charge in [-0.15, -0.1) is 0 Å². The number of pyridine rings is 2. The summed E-state index contributed by atoms with van der Waals surface area (Å²) < 4.78 is 0. The molecule has 1 saturated carbocycles. The van der Waals surface area contributed by atoms with E-state index in [2.05, 4.69) is 9.97 Å². The van der Waals surface area contributed by atoms with Crippen LogP contribution in [0, 0.1) is 17.0 Å². The van der Waals surface area contributed by atoms with Crippen LogP contribution in [-0.4, -0.2) is 26.8 Å². The van der Waals surface area contributed by atoms with Crippen molar-refractivity contribution in [1.82, 2.24) is 9.97 Å². The highest BCUT2D eigenvalue weighted by atomic mass is 35.5. The molecule has 2 aliphatic rings. The van der Waals surface area contributed by atoms with Crippen molar-refractivity contribution in [3.63, 3.8) is 0 Å². The summed E-state index contributed by atoms with van der Waals surface area (Å²) in [6.45, 7) is 2.14. The molecule has 0 bridgehead atoms. The van der Waals surface area contributed by atoms with Crippen molar-refractivity contribution in [2.45, 2.75) is 32.4 Å². The lowest BCUT2D eigenvalue weighted by Crippen LogP contribution is -2.30. The average molecular weight is 436 g/mol. The van der Waals surface area contributed by atoms with Gasteiger partial charge in [0.2, 0.25) is 0 Å². The molecule has 0 unspecified atom stereocenters. The molecule has 1 fully saturated rings. The first-order valence-electron chi connectivity index (χ1n) is 9.90. The van der Waals surface area contributed by atoms with Crippen LogP contribution in [0.25, 0.3) is 0 Å². The summed E-state index contributed by atoms with van der Waals surface area (Å²) in [6.07, 6.45) is 3.64. The fourth-order valence-electron chi connectivity index (χ4n) is 3.95. The number of carbonyl (C=O) groups excluding carboxylic acids is 1. The van der Waals surface area contributed by atoms with Gasteiger partial charge in [0.15, 0.2) is 5.82 Å². The van der Waals surface area contributed by atoms with E-state index >= 15 is 0 Å².